The standard InChI is InChI=1S/C14H19BrN2O3/c1-9(16-17-13(18)20-14(2,3)4)10-6-7-12(19-5)11(15)8-10/h6-8H,1-5H3,(H,17,18)/b16-9-. The van der Waals surface area contributed by atoms with Gasteiger partial charge in [0.05, 0.1) is 17.3 Å². The van der Waals surface area contributed by atoms with Crippen molar-refractivity contribution in [3.63, 3.8) is 0 Å². The molecule has 0 radical (unpaired) electrons. The number of rotatable bonds is 3. The summed E-state index contributed by atoms with van der Waals surface area (Å²) in [5.74, 6) is 0.738. The van der Waals surface area contributed by atoms with Crippen LogP contribution in [0.1, 0.15) is 33.3 Å². The molecule has 0 aromatic heterocycles. The highest BCUT2D eigenvalue weighted by Gasteiger charge is 2.15. The molecule has 0 saturated carbocycles. The molecule has 0 heterocycles. The van der Waals surface area contributed by atoms with Gasteiger partial charge < -0.3 is 9.47 Å². The molecule has 0 aliphatic heterocycles. The largest absolute Gasteiger partial charge is 0.496 e. The highest BCUT2D eigenvalue weighted by atomic mass is 79.9. The van der Waals surface area contributed by atoms with Crippen LogP contribution in [0.5, 0.6) is 5.75 Å². The minimum Gasteiger partial charge on any atom is -0.496 e. The second-order valence-corrected chi connectivity index (χ2v) is 6.01. The molecule has 0 unspecified atom stereocenters. The first-order valence-electron chi connectivity index (χ1n) is 6.10. The fourth-order valence-corrected chi connectivity index (χ4v) is 1.93. The first-order chi connectivity index (χ1) is 9.23. The zero-order valence-electron chi connectivity index (χ0n) is 12.3. The third kappa shape index (κ3) is 5.21. The summed E-state index contributed by atoms with van der Waals surface area (Å²) in [6.07, 6.45) is -0.579. The summed E-state index contributed by atoms with van der Waals surface area (Å²) in [5.41, 5.74) is 3.36. The molecule has 0 bridgehead atoms. The van der Waals surface area contributed by atoms with Gasteiger partial charge >= 0.3 is 6.09 Å². The zero-order valence-corrected chi connectivity index (χ0v) is 13.9. The molecule has 0 fully saturated rings. The van der Waals surface area contributed by atoms with Gasteiger partial charge in [-0.05, 0) is 67.4 Å². The number of hydrogen-bond acceptors (Lipinski definition) is 4. The lowest BCUT2D eigenvalue weighted by molar-refractivity contribution is 0.0529. The molecule has 1 aromatic rings. The van der Waals surface area contributed by atoms with E-state index in [2.05, 4.69) is 26.5 Å². The molecule has 1 aromatic carbocycles. The van der Waals surface area contributed by atoms with Crippen LogP contribution in [0.2, 0.25) is 0 Å². The molecule has 20 heavy (non-hydrogen) atoms. The highest BCUT2D eigenvalue weighted by molar-refractivity contribution is 9.10. The van der Waals surface area contributed by atoms with Crippen molar-refractivity contribution in [3.8, 4) is 5.75 Å². The molecule has 6 heteroatoms. The predicted molar refractivity (Wildman–Crippen MR) is 82.3 cm³/mol. The Morgan fingerprint density at radius 3 is 2.50 bits per heavy atom. The van der Waals surface area contributed by atoms with E-state index in [0.717, 1.165) is 15.8 Å². The van der Waals surface area contributed by atoms with Crippen LogP contribution >= 0.6 is 15.9 Å². The van der Waals surface area contributed by atoms with Crippen LogP contribution in [0.4, 0.5) is 4.79 Å². The van der Waals surface area contributed by atoms with E-state index in [1.807, 2.05) is 18.2 Å². The van der Waals surface area contributed by atoms with Gasteiger partial charge in [0.15, 0.2) is 0 Å². The maximum Gasteiger partial charge on any atom is 0.428 e. The normalized spacial score (nSPS) is 12.0. The number of halogens is 1. The van der Waals surface area contributed by atoms with Gasteiger partial charge in [-0.25, -0.2) is 10.2 Å². The van der Waals surface area contributed by atoms with Crippen molar-refractivity contribution in [1.29, 1.82) is 0 Å². The van der Waals surface area contributed by atoms with E-state index in [1.165, 1.54) is 0 Å². The molecule has 1 rings (SSSR count). The summed E-state index contributed by atoms with van der Waals surface area (Å²) in [6.45, 7) is 7.18. The van der Waals surface area contributed by atoms with Crippen molar-refractivity contribution in [2.24, 2.45) is 5.10 Å². The fraction of sp³-hybridized carbons (Fsp3) is 0.429. The van der Waals surface area contributed by atoms with Gasteiger partial charge in [0, 0.05) is 0 Å². The second kappa shape index (κ2) is 6.74. The molecule has 110 valence electrons. The van der Waals surface area contributed by atoms with Crippen LogP contribution in [0, 0.1) is 0 Å². The molecular weight excluding hydrogens is 324 g/mol. The smallest absolute Gasteiger partial charge is 0.428 e. The Morgan fingerprint density at radius 2 is 2.00 bits per heavy atom. The average Bonchev–Trinajstić information content (AvgIpc) is 2.33. The van der Waals surface area contributed by atoms with Crippen LogP contribution in [0.3, 0.4) is 0 Å². The van der Waals surface area contributed by atoms with Gasteiger partial charge in [-0.15, -0.1) is 0 Å². The zero-order chi connectivity index (χ0) is 15.3. The monoisotopic (exact) mass is 342 g/mol. The Kier molecular flexibility index (Phi) is 5.56. The van der Waals surface area contributed by atoms with Gasteiger partial charge in [-0.2, -0.15) is 5.10 Å². The van der Waals surface area contributed by atoms with Gasteiger partial charge in [-0.1, -0.05) is 0 Å². The maximum absolute atomic E-state index is 11.5. The Bertz CT molecular complexity index is 522. The second-order valence-electron chi connectivity index (χ2n) is 5.16. The first kappa shape index (κ1) is 16.5. The summed E-state index contributed by atoms with van der Waals surface area (Å²) in [6, 6.07) is 5.56. The molecule has 0 aliphatic carbocycles. The topological polar surface area (TPSA) is 59.9 Å². The minimum absolute atomic E-state index is 0.545. The SMILES string of the molecule is COc1ccc(/C(C)=N\NC(=O)OC(C)(C)C)cc1Br. The van der Waals surface area contributed by atoms with Gasteiger partial charge in [-0.3, -0.25) is 0 Å². The van der Waals surface area contributed by atoms with Gasteiger partial charge in [0.2, 0.25) is 0 Å². The summed E-state index contributed by atoms with van der Waals surface area (Å²) in [7, 11) is 1.60. The van der Waals surface area contributed by atoms with E-state index in [4.69, 9.17) is 9.47 Å². The molecule has 0 aliphatic rings. The number of hydrazone groups is 1. The molecular formula is C14H19BrN2O3. The molecule has 0 saturated heterocycles. The van der Waals surface area contributed by atoms with E-state index in [0.29, 0.717) is 5.71 Å². The van der Waals surface area contributed by atoms with Gasteiger partial charge in [0.1, 0.15) is 11.4 Å². The minimum atomic E-state index is -0.579. The Hall–Kier alpha value is -1.56. The van der Waals surface area contributed by atoms with Crippen molar-refractivity contribution >= 4 is 27.7 Å². The number of carbonyl (C=O) groups is 1. The van der Waals surface area contributed by atoms with E-state index in [-0.39, 0.29) is 0 Å². The van der Waals surface area contributed by atoms with Crippen molar-refractivity contribution in [2.45, 2.75) is 33.3 Å². The van der Waals surface area contributed by atoms with Crippen LogP contribution in [-0.2, 0) is 4.74 Å². The van der Waals surface area contributed by atoms with Crippen LogP contribution in [0.15, 0.2) is 27.8 Å². The quantitative estimate of drug-likeness (QED) is 0.672. The molecule has 5 nitrogen and oxygen atoms in total. The average molecular weight is 343 g/mol. The predicted octanol–water partition coefficient (Wildman–Crippen LogP) is 3.71. The van der Waals surface area contributed by atoms with E-state index >= 15 is 0 Å². The third-order valence-corrected chi connectivity index (χ3v) is 2.90. The van der Waals surface area contributed by atoms with Gasteiger partial charge in [0.25, 0.3) is 0 Å². The number of nitrogens with one attached hydrogen (secondary N) is 1. The summed E-state index contributed by atoms with van der Waals surface area (Å²) in [5, 5.41) is 4.01. The van der Waals surface area contributed by atoms with Crippen LogP contribution in [-0.4, -0.2) is 24.5 Å². The lowest BCUT2D eigenvalue weighted by atomic mass is 10.1. The van der Waals surface area contributed by atoms with Crippen molar-refractivity contribution in [2.75, 3.05) is 7.11 Å². The van der Waals surface area contributed by atoms with Crippen LogP contribution in [0.25, 0.3) is 0 Å². The lowest BCUT2D eigenvalue weighted by Crippen LogP contribution is -2.30. The van der Waals surface area contributed by atoms with E-state index < -0.39 is 11.7 Å². The first-order valence-corrected chi connectivity index (χ1v) is 6.89. The van der Waals surface area contributed by atoms with Crippen LogP contribution < -0.4 is 10.2 Å². The molecule has 1 N–H and O–H groups in total. The third-order valence-electron chi connectivity index (χ3n) is 2.28. The number of ether oxygens (including phenoxy) is 2. The van der Waals surface area contributed by atoms with Crippen molar-refractivity contribution < 1.29 is 14.3 Å². The Morgan fingerprint density at radius 1 is 1.35 bits per heavy atom. The highest BCUT2D eigenvalue weighted by Crippen LogP contribution is 2.25. The Balaban J connectivity index is 2.74. The number of benzene rings is 1. The van der Waals surface area contributed by atoms with E-state index in [9.17, 15) is 4.79 Å². The Labute approximate surface area is 127 Å². The van der Waals surface area contributed by atoms with E-state index in [1.54, 1.807) is 34.8 Å². The molecule has 0 atom stereocenters. The van der Waals surface area contributed by atoms with Crippen molar-refractivity contribution in [1.82, 2.24) is 5.43 Å². The van der Waals surface area contributed by atoms with Crippen molar-refractivity contribution in [3.05, 3.63) is 28.2 Å². The molecule has 1 amide bonds. The number of hydrogen-bond donors (Lipinski definition) is 1. The number of amides is 1. The summed E-state index contributed by atoms with van der Waals surface area (Å²) in [4.78, 5) is 11.5. The molecule has 0 spiro atoms. The lowest BCUT2D eigenvalue weighted by Gasteiger charge is -2.18. The maximum atomic E-state index is 11.5. The number of carbonyl (C=O) groups excluding carboxylic acids is 1. The number of nitrogens with zero attached hydrogens (tertiary/aromatic N) is 1. The number of methoxy groups -OCH3 is 1. The summed E-state index contributed by atoms with van der Waals surface area (Å²) >= 11 is 3.40. The summed E-state index contributed by atoms with van der Waals surface area (Å²) < 4.78 is 11.1. The fourth-order valence-electron chi connectivity index (χ4n) is 1.39.